The zero-order valence-corrected chi connectivity index (χ0v) is 15.1. The highest BCUT2D eigenvalue weighted by Crippen LogP contribution is 2.40. The quantitative estimate of drug-likeness (QED) is 0.480. The number of aliphatic hydroxyl groups excluding tert-OH is 1. The normalized spacial score (nSPS) is 24.1. The van der Waals surface area contributed by atoms with Crippen LogP contribution >= 0.6 is 0 Å². The lowest BCUT2D eigenvalue weighted by atomic mass is 9.95. The number of ether oxygens (including phenoxy) is 1. The third-order valence-corrected chi connectivity index (χ3v) is 5.13. The van der Waals surface area contributed by atoms with Crippen LogP contribution in [0.1, 0.15) is 30.0 Å². The number of pyridine rings is 1. The van der Waals surface area contributed by atoms with Crippen LogP contribution in [0.5, 0.6) is 5.75 Å². The smallest absolute Gasteiger partial charge is 0.295 e. The Hall–Kier alpha value is -3.19. The van der Waals surface area contributed by atoms with Crippen molar-refractivity contribution < 1.29 is 24.5 Å². The SMILES string of the molecule is O=C1C(=O)N(CC2CCCO2)C(c2ccc(O)cc2)/C1=C(/O)c1ccncc1. The van der Waals surface area contributed by atoms with Crippen LogP contribution in [0.2, 0.25) is 0 Å². The van der Waals surface area contributed by atoms with Gasteiger partial charge in [0, 0.05) is 31.1 Å². The number of hydrogen-bond donors (Lipinski definition) is 2. The average Bonchev–Trinajstić information content (AvgIpc) is 3.31. The van der Waals surface area contributed by atoms with Crippen molar-refractivity contribution in [1.82, 2.24) is 9.88 Å². The number of nitrogens with zero attached hydrogens (tertiary/aromatic N) is 2. The van der Waals surface area contributed by atoms with Gasteiger partial charge in [0.2, 0.25) is 0 Å². The van der Waals surface area contributed by atoms with Crippen molar-refractivity contribution in [1.29, 1.82) is 0 Å². The summed E-state index contributed by atoms with van der Waals surface area (Å²) in [5.41, 5.74) is 1.07. The summed E-state index contributed by atoms with van der Waals surface area (Å²) in [7, 11) is 0. The highest BCUT2D eigenvalue weighted by Gasteiger charge is 2.47. The number of hydrogen-bond acceptors (Lipinski definition) is 6. The summed E-state index contributed by atoms with van der Waals surface area (Å²) in [6.45, 7) is 0.902. The van der Waals surface area contributed by atoms with E-state index >= 15 is 0 Å². The summed E-state index contributed by atoms with van der Waals surface area (Å²) in [5.74, 6) is -1.56. The van der Waals surface area contributed by atoms with Crippen LogP contribution in [-0.2, 0) is 14.3 Å². The van der Waals surface area contributed by atoms with E-state index in [0.29, 0.717) is 17.7 Å². The first kappa shape index (κ1) is 18.2. The largest absolute Gasteiger partial charge is 0.508 e. The molecule has 1 amide bonds. The molecule has 28 heavy (non-hydrogen) atoms. The second kappa shape index (κ2) is 7.44. The van der Waals surface area contributed by atoms with Gasteiger partial charge in [-0.1, -0.05) is 12.1 Å². The first-order chi connectivity index (χ1) is 13.6. The molecule has 0 spiro atoms. The molecule has 7 nitrogen and oxygen atoms in total. The number of phenolic OH excluding ortho intramolecular Hbond substituents is 1. The number of carbonyl (C=O) groups is 2. The number of carbonyl (C=O) groups excluding carboxylic acids is 2. The summed E-state index contributed by atoms with van der Waals surface area (Å²) >= 11 is 0. The fourth-order valence-corrected chi connectivity index (χ4v) is 3.74. The Labute approximate surface area is 161 Å². The minimum absolute atomic E-state index is 0.0277. The number of amides is 1. The van der Waals surface area contributed by atoms with E-state index in [9.17, 15) is 19.8 Å². The summed E-state index contributed by atoms with van der Waals surface area (Å²) in [4.78, 5) is 31.0. The maximum absolute atomic E-state index is 12.8. The monoisotopic (exact) mass is 380 g/mol. The van der Waals surface area contributed by atoms with Crippen LogP contribution in [0.25, 0.3) is 5.76 Å². The van der Waals surface area contributed by atoms with Crippen molar-refractivity contribution in [2.24, 2.45) is 0 Å². The average molecular weight is 380 g/mol. The standard InChI is InChI=1S/C21H20N2O5/c24-15-5-3-13(4-6-15)18-17(19(25)14-7-9-22-10-8-14)20(26)21(27)23(18)12-16-2-1-11-28-16/h3-10,16,18,24-25H,1-2,11-12H2/b19-17-. The molecule has 3 heterocycles. The van der Waals surface area contributed by atoms with Gasteiger partial charge in [-0.25, -0.2) is 0 Å². The summed E-state index contributed by atoms with van der Waals surface area (Å²) in [6, 6.07) is 8.69. The number of aliphatic hydroxyl groups is 1. The van der Waals surface area contributed by atoms with Gasteiger partial charge in [0.1, 0.15) is 11.5 Å². The molecule has 2 atom stereocenters. The number of likely N-dealkylation sites (tertiary alicyclic amines) is 1. The maximum Gasteiger partial charge on any atom is 0.295 e. The van der Waals surface area contributed by atoms with Gasteiger partial charge in [-0.15, -0.1) is 0 Å². The summed E-state index contributed by atoms with van der Waals surface area (Å²) < 4.78 is 5.65. The van der Waals surface area contributed by atoms with Crippen molar-refractivity contribution in [3.05, 3.63) is 65.5 Å². The Morgan fingerprint density at radius 2 is 1.86 bits per heavy atom. The van der Waals surface area contributed by atoms with Crippen LogP contribution < -0.4 is 0 Å². The molecule has 7 heteroatoms. The molecular weight excluding hydrogens is 360 g/mol. The minimum Gasteiger partial charge on any atom is -0.508 e. The molecule has 1 aromatic heterocycles. The molecule has 0 saturated carbocycles. The van der Waals surface area contributed by atoms with Crippen LogP contribution in [-0.4, -0.2) is 51.0 Å². The Morgan fingerprint density at radius 1 is 1.14 bits per heavy atom. The number of phenols is 1. The summed E-state index contributed by atoms with van der Waals surface area (Å²) in [6.07, 6.45) is 4.60. The van der Waals surface area contributed by atoms with E-state index in [-0.39, 0.29) is 29.7 Å². The molecule has 2 fully saturated rings. The van der Waals surface area contributed by atoms with E-state index in [1.165, 1.54) is 29.4 Å². The van der Waals surface area contributed by atoms with Crippen molar-refractivity contribution in [3.63, 3.8) is 0 Å². The molecule has 2 saturated heterocycles. The van der Waals surface area contributed by atoms with Gasteiger partial charge in [-0.2, -0.15) is 0 Å². The van der Waals surface area contributed by atoms with E-state index in [4.69, 9.17) is 4.74 Å². The predicted octanol–water partition coefficient (Wildman–Crippen LogP) is 2.39. The third-order valence-electron chi connectivity index (χ3n) is 5.13. The number of rotatable bonds is 4. The van der Waals surface area contributed by atoms with Crippen LogP contribution in [0.15, 0.2) is 54.4 Å². The molecule has 144 valence electrons. The second-order valence-corrected chi connectivity index (χ2v) is 6.91. The van der Waals surface area contributed by atoms with Crippen LogP contribution in [0, 0.1) is 0 Å². The van der Waals surface area contributed by atoms with Gasteiger partial charge in [0.15, 0.2) is 0 Å². The lowest BCUT2D eigenvalue weighted by Crippen LogP contribution is -2.36. The molecule has 2 aliphatic rings. The fraction of sp³-hybridized carbons (Fsp3) is 0.286. The Morgan fingerprint density at radius 3 is 2.50 bits per heavy atom. The number of aromatic nitrogens is 1. The highest BCUT2D eigenvalue weighted by atomic mass is 16.5. The van der Waals surface area contributed by atoms with Crippen molar-refractivity contribution in [2.75, 3.05) is 13.2 Å². The lowest BCUT2D eigenvalue weighted by Gasteiger charge is -2.27. The van der Waals surface area contributed by atoms with E-state index < -0.39 is 17.7 Å². The van der Waals surface area contributed by atoms with E-state index in [1.807, 2.05) is 0 Å². The number of aromatic hydroxyl groups is 1. The van der Waals surface area contributed by atoms with Crippen LogP contribution in [0.3, 0.4) is 0 Å². The van der Waals surface area contributed by atoms with E-state index in [1.54, 1.807) is 24.3 Å². The van der Waals surface area contributed by atoms with Gasteiger partial charge >= 0.3 is 0 Å². The van der Waals surface area contributed by atoms with Crippen molar-refractivity contribution in [3.8, 4) is 5.75 Å². The second-order valence-electron chi connectivity index (χ2n) is 6.91. The van der Waals surface area contributed by atoms with E-state index in [0.717, 1.165) is 12.8 Å². The van der Waals surface area contributed by atoms with Gasteiger partial charge in [-0.05, 0) is 42.7 Å². The topological polar surface area (TPSA) is 100.0 Å². The number of Topliss-reactive ketones (excluding diaryl/α,β-unsaturated/α-hetero) is 1. The molecule has 0 aliphatic carbocycles. The molecule has 0 bridgehead atoms. The van der Waals surface area contributed by atoms with Gasteiger partial charge in [-0.3, -0.25) is 14.6 Å². The molecule has 2 aromatic rings. The zero-order valence-electron chi connectivity index (χ0n) is 15.1. The molecule has 2 unspecified atom stereocenters. The predicted molar refractivity (Wildman–Crippen MR) is 100 cm³/mol. The van der Waals surface area contributed by atoms with Gasteiger partial charge in [0.25, 0.3) is 11.7 Å². The van der Waals surface area contributed by atoms with Gasteiger partial charge < -0.3 is 19.8 Å². The first-order valence-corrected chi connectivity index (χ1v) is 9.15. The van der Waals surface area contributed by atoms with Crippen LogP contribution in [0.4, 0.5) is 0 Å². The lowest BCUT2D eigenvalue weighted by molar-refractivity contribution is -0.140. The van der Waals surface area contributed by atoms with E-state index in [2.05, 4.69) is 4.98 Å². The summed E-state index contributed by atoms with van der Waals surface area (Å²) in [5, 5.41) is 20.5. The number of ketones is 1. The zero-order chi connectivity index (χ0) is 19.7. The third kappa shape index (κ3) is 3.25. The van der Waals surface area contributed by atoms with Gasteiger partial charge in [0.05, 0.1) is 17.7 Å². The minimum atomic E-state index is -0.752. The Kier molecular flexibility index (Phi) is 4.83. The fourth-order valence-electron chi connectivity index (χ4n) is 3.74. The maximum atomic E-state index is 12.8. The van der Waals surface area contributed by atoms with Crippen molar-refractivity contribution in [2.45, 2.75) is 25.0 Å². The molecule has 0 radical (unpaired) electrons. The Balaban J connectivity index is 1.81. The highest BCUT2D eigenvalue weighted by molar-refractivity contribution is 6.46. The molecule has 4 rings (SSSR count). The molecule has 1 aromatic carbocycles. The molecular formula is C21H20N2O5. The number of benzene rings is 1. The Bertz CT molecular complexity index is 918. The molecule has 2 aliphatic heterocycles. The first-order valence-electron chi connectivity index (χ1n) is 9.15. The molecule has 2 N–H and O–H groups in total. The van der Waals surface area contributed by atoms with Crippen molar-refractivity contribution >= 4 is 17.4 Å².